The number of benzene rings is 1. The summed E-state index contributed by atoms with van der Waals surface area (Å²) in [5.74, 6) is 0.0502. The average molecular weight is 333 g/mol. The highest BCUT2D eigenvalue weighted by atomic mass is 16.2. The van der Waals surface area contributed by atoms with Crippen LogP contribution < -0.4 is 10.6 Å². The van der Waals surface area contributed by atoms with Gasteiger partial charge < -0.3 is 15.5 Å². The zero-order valence-corrected chi connectivity index (χ0v) is 15.2. The van der Waals surface area contributed by atoms with Crippen LogP contribution in [0.5, 0.6) is 0 Å². The summed E-state index contributed by atoms with van der Waals surface area (Å²) in [6.45, 7) is 8.49. The van der Waals surface area contributed by atoms with Crippen molar-refractivity contribution in [2.45, 2.75) is 52.9 Å². The molecule has 0 aromatic heterocycles. The number of nitrogens with one attached hydrogen (secondary N) is 2. The molecule has 0 fully saturated rings. The normalized spacial score (nSPS) is 10.3. The van der Waals surface area contributed by atoms with Crippen molar-refractivity contribution in [1.82, 2.24) is 10.2 Å². The van der Waals surface area contributed by atoms with Gasteiger partial charge in [-0.3, -0.25) is 4.79 Å². The number of hydrogen-bond acceptors (Lipinski definition) is 2. The third-order valence-corrected chi connectivity index (χ3v) is 3.73. The number of urea groups is 1. The molecule has 1 aromatic carbocycles. The molecule has 134 valence electrons. The second-order valence-corrected chi connectivity index (χ2v) is 5.96. The Morgan fingerprint density at radius 1 is 0.917 bits per heavy atom. The Balaban J connectivity index is 2.55. The molecule has 0 unspecified atom stereocenters. The minimum atomic E-state index is -0.205. The molecule has 1 rings (SSSR count). The first-order chi connectivity index (χ1) is 11.6. The summed E-state index contributed by atoms with van der Waals surface area (Å²) in [5.41, 5.74) is 1.35. The van der Waals surface area contributed by atoms with E-state index in [1.165, 1.54) is 0 Å². The van der Waals surface area contributed by atoms with Gasteiger partial charge in [-0.05, 0) is 43.5 Å². The highest BCUT2D eigenvalue weighted by molar-refractivity contribution is 5.95. The van der Waals surface area contributed by atoms with Crippen molar-refractivity contribution in [2.75, 3.05) is 25.0 Å². The van der Waals surface area contributed by atoms with E-state index in [1.807, 2.05) is 4.90 Å². The molecule has 0 aliphatic heterocycles. The third-order valence-electron chi connectivity index (χ3n) is 3.73. The second-order valence-electron chi connectivity index (χ2n) is 5.96. The van der Waals surface area contributed by atoms with E-state index in [9.17, 15) is 9.59 Å². The van der Waals surface area contributed by atoms with Gasteiger partial charge in [0, 0.05) is 30.9 Å². The number of unbranched alkanes of at least 4 members (excludes halogenated alkanes) is 2. The van der Waals surface area contributed by atoms with Gasteiger partial charge in [-0.2, -0.15) is 0 Å². The molecule has 0 bridgehead atoms. The molecule has 0 radical (unpaired) electrons. The van der Waals surface area contributed by atoms with Crippen LogP contribution in [0.1, 0.15) is 63.2 Å². The SMILES string of the molecule is CCCCCNC(=O)Nc1ccc(C(=O)N(CCC)CCC)cc1. The predicted octanol–water partition coefficient (Wildman–Crippen LogP) is 4.26. The minimum absolute atomic E-state index is 0.0502. The summed E-state index contributed by atoms with van der Waals surface area (Å²) >= 11 is 0. The van der Waals surface area contributed by atoms with E-state index < -0.39 is 0 Å². The van der Waals surface area contributed by atoms with Crippen LogP contribution in [0, 0.1) is 0 Å². The van der Waals surface area contributed by atoms with Gasteiger partial charge in [0.15, 0.2) is 0 Å². The lowest BCUT2D eigenvalue weighted by atomic mass is 10.1. The van der Waals surface area contributed by atoms with Gasteiger partial charge in [-0.25, -0.2) is 4.79 Å². The van der Waals surface area contributed by atoms with Gasteiger partial charge in [0.25, 0.3) is 5.91 Å². The van der Waals surface area contributed by atoms with E-state index in [0.717, 1.165) is 45.2 Å². The van der Waals surface area contributed by atoms with Gasteiger partial charge in [0.05, 0.1) is 0 Å². The van der Waals surface area contributed by atoms with Crippen molar-refractivity contribution in [1.29, 1.82) is 0 Å². The first-order valence-corrected chi connectivity index (χ1v) is 9.06. The van der Waals surface area contributed by atoms with E-state index >= 15 is 0 Å². The van der Waals surface area contributed by atoms with Crippen molar-refractivity contribution >= 4 is 17.6 Å². The summed E-state index contributed by atoms with van der Waals surface area (Å²) in [4.78, 5) is 26.1. The fourth-order valence-electron chi connectivity index (χ4n) is 2.49. The van der Waals surface area contributed by atoms with Crippen LogP contribution in [-0.4, -0.2) is 36.5 Å². The smallest absolute Gasteiger partial charge is 0.319 e. The molecule has 2 N–H and O–H groups in total. The van der Waals surface area contributed by atoms with Gasteiger partial charge in [0.2, 0.25) is 0 Å². The summed E-state index contributed by atoms with van der Waals surface area (Å²) < 4.78 is 0. The second kappa shape index (κ2) is 11.5. The standard InChI is InChI=1S/C19H31N3O2/c1-4-7-8-13-20-19(24)21-17-11-9-16(10-12-17)18(23)22(14-5-2)15-6-3/h9-12H,4-8,13-15H2,1-3H3,(H2,20,21,24). The Bertz CT molecular complexity index is 494. The van der Waals surface area contributed by atoms with Crippen molar-refractivity contribution in [3.8, 4) is 0 Å². The minimum Gasteiger partial charge on any atom is -0.339 e. The first kappa shape index (κ1) is 20.0. The number of amides is 3. The molecular formula is C19H31N3O2. The number of anilines is 1. The zero-order valence-electron chi connectivity index (χ0n) is 15.2. The fourth-order valence-corrected chi connectivity index (χ4v) is 2.49. The van der Waals surface area contributed by atoms with Crippen LogP contribution >= 0.6 is 0 Å². The van der Waals surface area contributed by atoms with Gasteiger partial charge in [-0.15, -0.1) is 0 Å². The van der Waals surface area contributed by atoms with Crippen LogP contribution in [0.4, 0.5) is 10.5 Å². The lowest BCUT2D eigenvalue weighted by molar-refractivity contribution is 0.0755. The Morgan fingerprint density at radius 3 is 2.08 bits per heavy atom. The summed E-state index contributed by atoms with van der Waals surface area (Å²) in [6.07, 6.45) is 5.13. The Kier molecular flexibility index (Phi) is 9.58. The predicted molar refractivity (Wildman–Crippen MR) is 99.5 cm³/mol. The number of nitrogens with zero attached hydrogens (tertiary/aromatic N) is 1. The molecule has 0 aliphatic rings. The highest BCUT2D eigenvalue weighted by Crippen LogP contribution is 2.12. The van der Waals surface area contributed by atoms with Gasteiger partial charge in [0.1, 0.15) is 0 Å². The van der Waals surface area contributed by atoms with Crippen LogP contribution in [0.25, 0.3) is 0 Å². The van der Waals surface area contributed by atoms with Crippen molar-refractivity contribution in [2.24, 2.45) is 0 Å². The quantitative estimate of drug-likeness (QED) is 0.628. The fraction of sp³-hybridized carbons (Fsp3) is 0.579. The van der Waals surface area contributed by atoms with Crippen LogP contribution in [0.15, 0.2) is 24.3 Å². The maximum Gasteiger partial charge on any atom is 0.319 e. The molecule has 0 atom stereocenters. The number of rotatable bonds is 10. The molecule has 0 saturated heterocycles. The summed E-state index contributed by atoms with van der Waals surface area (Å²) in [7, 11) is 0. The molecule has 3 amide bonds. The van der Waals surface area contributed by atoms with E-state index in [4.69, 9.17) is 0 Å². The van der Waals surface area contributed by atoms with Crippen LogP contribution in [0.3, 0.4) is 0 Å². The highest BCUT2D eigenvalue weighted by Gasteiger charge is 2.14. The van der Waals surface area contributed by atoms with E-state index in [2.05, 4.69) is 31.4 Å². The first-order valence-electron chi connectivity index (χ1n) is 9.06. The molecule has 5 nitrogen and oxygen atoms in total. The lowest BCUT2D eigenvalue weighted by Gasteiger charge is -2.21. The molecule has 0 saturated carbocycles. The molecule has 0 spiro atoms. The molecular weight excluding hydrogens is 302 g/mol. The molecule has 5 heteroatoms. The van der Waals surface area contributed by atoms with E-state index in [1.54, 1.807) is 24.3 Å². The van der Waals surface area contributed by atoms with Gasteiger partial charge >= 0.3 is 6.03 Å². The molecule has 0 aliphatic carbocycles. The Morgan fingerprint density at radius 2 is 1.54 bits per heavy atom. The summed E-state index contributed by atoms with van der Waals surface area (Å²) in [6, 6.07) is 6.88. The Labute approximate surface area is 145 Å². The number of hydrogen-bond donors (Lipinski definition) is 2. The molecule has 1 aromatic rings. The molecule has 0 heterocycles. The van der Waals surface area contributed by atoms with Gasteiger partial charge in [-0.1, -0.05) is 33.6 Å². The number of carbonyl (C=O) groups is 2. The maximum atomic E-state index is 12.5. The monoisotopic (exact) mass is 333 g/mol. The average Bonchev–Trinajstić information content (AvgIpc) is 2.58. The topological polar surface area (TPSA) is 61.4 Å². The molecule has 24 heavy (non-hydrogen) atoms. The van der Waals surface area contributed by atoms with Crippen LogP contribution in [-0.2, 0) is 0 Å². The van der Waals surface area contributed by atoms with Crippen molar-refractivity contribution in [3.05, 3.63) is 29.8 Å². The third kappa shape index (κ3) is 7.02. The largest absolute Gasteiger partial charge is 0.339 e. The van der Waals surface area contributed by atoms with Crippen molar-refractivity contribution < 1.29 is 9.59 Å². The summed E-state index contributed by atoms with van der Waals surface area (Å²) in [5, 5.41) is 5.62. The van der Waals surface area contributed by atoms with Crippen molar-refractivity contribution in [3.63, 3.8) is 0 Å². The number of carbonyl (C=O) groups excluding carboxylic acids is 2. The van der Waals surface area contributed by atoms with Crippen LogP contribution in [0.2, 0.25) is 0 Å². The zero-order chi connectivity index (χ0) is 17.8. The van der Waals surface area contributed by atoms with E-state index in [0.29, 0.717) is 17.8 Å². The Hall–Kier alpha value is -2.04. The van der Waals surface area contributed by atoms with E-state index in [-0.39, 0.29) is 11.9 Å². The maximum absolute atomic E-state index is 12.5. The lowest BCUT2D eigenvalue weighted by Crippen LogP contribution is -2.32.